The summed E-state index contributed by atoms with van der Waals surface area (Å²) in [5.74, 6) is -0.840. The maximum Gasteiger partial charge on any atom is 0.329 e. The molecule has 0 aromatic heterocycles. The second-order valence-corrected chi connectivity index (χ2v) is 5.61. The number of carboxylic acid groups (broad SMARTS) is 1. The topological polar surface area (TPSA) is 66.8 Å². The third-order valence-electron chi connectivity index (χ3n) is 3.87. The fourth-order valence-electron chi connectivity index (χ4n) is 2.75. The molecule has 5 nitrogen and oxygen atoms in total. The van der Waals surface area contributed by atoms with Gasteiger partial charge < -0.3 is 14.7 Å². The summed E-state index contributed by atoms with van der Waals surface area (Å²) in [6, 6.07) is 0. The summed E-state index contributed by atoms with van der Waals surface area (Å²) in [5, 5.41) is 9.68. The normalized spacial score (nSPS) is 27.3. The van der Waals surface area contributed by atoms with Crippen molar-refractivity contribution < 1.29 is 19.4 Å². The van der Waals surface area contributed by atoms with Crippen LogP contribution in [0, 0.1) is 5.92 Å². The van der Waals surface area contributed by atoms with Crippen LogP contribution in [0.3, 0.4) is 0 Å². The van der Waals surface area contributed by atoms with Gasteiger partial charge in [-0.3, -0.25) is 4.79 Å². The zero-order valence-corrected chi connectivity index (χ0v) is 12.3. The Hall–Kier alpha value is -1.10. The van der Waals surface area contributed by atoms with E-state index in [-0.39, 0.29) is 17.9 Å². The Morgan fingerprint density at radius 3 is 2.53 bits per heavy atom. The van der Waals surface area contributed by atoms with Crippen LogP contribution in [0.5, 0.6) is 0 Å². The summed E-state index contributed by atoms with van der Waals surface area (Å²) in [6.45, 7) is 8.29. The predicted molar refractivity (Wildman–Crippen MR) is 71.9 cm³/mol. The second kappa shape index (κ2) is 6.37. The molecule has 2 atom stereocenters. The van der Waals surface area contributed by atoms with Gasteiger partial charge in [0, 0.05) is 32.9 Å². The number of carboxylic acids is 1. The highest BCUT2D eigenvalue weighted by Crippen LogP contribution is 2.34. The molecule has 1 aliphatic heterocycles. The maximum absolute atomic E-state index is 11.8. The molecule has 0 bridgehead atoms. The van der Waals surface area contributed by atoms with Gasteiger partial charge in [0.05, 0.1) is 6.10 Å². The van der Waals surface area contributed by atoms with Gasteiger partial charge in [0.2, 0.25) is 5.91 Å². The van der Waals surface area contributed by atoms with Crippen LogP contribution in [0.25, 0.3) is 0 Å². The van der Waals surface area contributed by atoms with E-state index in [0.717, 1.165) is 6.42 Å². The number of hydrogen-bond acceptors (Lipinski definition) is 3. The van der Waals surface area contributed by atoms with Gasteiger partial charge in [-0.2, -0.15) is 0 Å². The number of amides is 1. The van der Waals surface area contributed by atoms with E-state index in [1.54, 1.807) is 0 Å². The van der Waals surface area contributed by atoms with Crippen molar-refractivity contribution >= 4 is 11.9 Å². The van der Waals surface area contributed by atoms with Crippen LogP contribution >= 0.6 is 0 Å². The number of hydrogen-bond donors (Lipinski definition) is 1. The molecule has 0 radical (unpaired) electrons. The quantitative estimate of drug-likeness (QED) is 0.829. The van der Waals surface area contributed by atoms with Gasteiger partial charge in [0.15, 0.2) is 0 Å². The highest BCUT2D eigenvalue weighted by molar-refractivity contribution is 5.86. The fraction of sp³-hybridized carbons (Fsp3) is 0.857. The average molecular weight is 271 g/mol. The zero-order valence-electron chi connectivity index (χ0n) is 12.3. The molecule has 0 aliphatic carbocycles. The summed E-state index contributed by atoms with van der Waals surface area (Å²) < 4.78 is 5.65. The summed E-state index contributed by atoms with van der Waals surface area (Å²) >= 11 is 0. The molecule has 0 aromatic carbocycles. The molecule has 0 saturated carbocycles. The lowest BCUT2D eigenvalue weighted by atomic mass is 9.81. The monoisotopic (exact) mass is 271 g/mol. The number of rotatable bonds is 5. The van der Waals surface area contributed by atoms with Crippen molar-refractivity contribution in [3.05, 3.63) is 0 Å². The van der Waals surface area contributed by atoms with Gasteiger partial charge in [-0.1, -0.05) is 20.8 Å². The first-order chi connectivity index (χ1) is 8.85. The van der Waals surface area contributed by atoms with Gasteiger partial charge in [-0.05, 0) is 12.3 Å². The van der Waals surface area contributed by atoms with Crippen molar-refractivity contribution in [3.63, 3.8) is 0 Å². The fourth-order valence-corrected chi connectivity index (χ4v) is 2.75. The van der Waals surface area contributed by atoms with E-state index < -0.39 is 11.5 Å². The van der Waals surface area contributed by atoms with Crippen LogP contribution in [-0.4, -0.2) is 46.7 Å². The highest BCUT2D eigenvalue weighted by atomic mass is 16.5. The highest BCUT2D eigenvalue weighted by Gasteiger charge is 2.49. The van der Waals surface area contributed by atoms with Crippen molar-refractivity contribution in [3.8, 4) is 0 Å². The molecular formula is C14H25NO4. The minimum absolute atomic E-state index is 0.108. The third-order valence-corrected chi connectivity index (χ3v) is 3.87. The minimum atomic E-state index is -1.10. The lowest BCUT2D eigenvalue weighted by Crippen LogP contribution is -2.61. The van der Waals surface area contributed by atoms with Crippen LogP contribution in [-0.2, 0) is 14.3 Å². The van der Waals surface area contributed by atoms with Gasteiger partial charge >= 0.3 is 5.97 Å². The van der Waals surface area contributed by atoms with Crippen molar-refractivity contribution in [2.45, 2.75) is 58.6 Å². The van der Waals surface area contributed by atoms with Gasteiger partial charge in [0.25, 0.3) is 0 Å². The van der Waals surface area contributed by atoms with Crippen LogP contribution in [0.1, 0.15) is 47.0 Å². The zero-order chi connectivity index (χ0) is 14.6. The number of nitrogens with zero attached hydrogens (tertiary/aromatic N) is 1. The van der Waals surface area contributed by atoms with Crippen molar-refractivity contribution in [2.24, 2.45) is 5.92 Å². The van der Waals surface area contributed by atoms with Crippen LogP contribution in [0.2, 0.25) is 0 Å². The predicted octanol–water partition coefficient (Wildman–Crippen LogP) is 1.90. The summed E-state index contributed by atoms with van der Waals surface area (Å²) in [4.78, 5) is 25.2. The Bertz CT molecular complexity index is 342. The first kappa shape index (κ1) is 16.0. The number of ether oxygens (including phenoxy) is 1. The molecule has 1 fully saturated rings. The maximum atomic E-state index is 11.8. The van der Waals surface area contributed by atoms with E-state index in [1.807, 2.05) is 20.8 Å². The van der Waals surface area contributed by atoms with E-state index in [1.165, 1.54) is 11.8 Å². The number of aliphatic carboxylic acids is 1. The van der Waals surface area contributed by atoms with E-state index in [0.29, 0.717) is 26.0 Å². The summed E-state index contributed by atoms with van der Waals surface area (Å²) in [5.41, 5.74) is -1.10. The number of carbonyl (C=O) groups excluding carboxylic acids is 1. The molecule has 1 N–H and O–H groups in total. The van der Waals surface area contributed by atoms with Gasteiger partial charge in [-0.15, -0.1) is 0 Å². The lowest BCUT2D eigenvalue weighted by molar-refractivity contribution is -0.172. The summed E-state index contributed by atoms with van der Waals surface area (Å²) in [7, 11) is 0. The Labute approximate surface area is 114 Å². The van der Waals surface area contributed by atoms with Crippen LogP contribution < -0.4 is 0 Å². The molecule has 1 saturated heterocycles. The molecule has 5 heteroatoms. The molecule has 2 unspecified atom stereocenters. The molecule has 1 aliphatic rings. The molecular weight excluding hydrogens is 246 g/mol. The van der Waals surface area contributed by atoms with E-state index in [2.05, 4.69) is 0 Å². The molecule has 110 valence electrons. The first-order valence-corrected chi connectivity index (χ1v) is 6.98. The smallest absolute Gasteiger partial charge is 0.329 e. The van der Waals surface area contributed by atoms with Crippen molar-refractivity contribution in [2.75, 3.05) is 13.2 Å². The molecule has 19 heavy (non-hydrogen) atoms. The summed E-state index contributed by atoms with van der Waals surface area (Å²) in [6.07, 6.45) is 1.38. The van der Waals surface area contributed by atoms with Crippen LogP contribution in [0.4, 0.5) is 0 Å². The Balaban J connectivity index is 3.07. The van der Waals surface area contributed by atoms with Crippen molar-refractivity contribution in [1.82, 2.24) is 4.90 Å². The number of carbonyl (C=O) groups is 2. The van der Waals surface area contributed by atoms with E-state index >= 15 is 0 Å². The Morgan fingerprint density at radius 2 is 2.11 bits per heavy atom. The molecule has 1 amide bonds. The second-order valence-electron chi connectivity index (χ2n) is 5.61. The standard InChI is InChI=1S/C14H25NO4/c1-5-7-15(11(4)16)14(13(17)18)6-8-19-12(9-14)10(2)3/h10,12H,5-9H2,1-4H3,(H,17,18). The lowest BCUT2D eigenvalue weighted by Gasteiger charge is -2.46. The average Bonchev–Trinajstić information content (AvgIpc) is 2.35. The Morgan fingerprint density at radius 1 is 1.47 bits per heavy atom. The molecule has 0 aromatic rings. The van der Waals surface area contributed by atoms with Gasteiger partial charge in [0.1, 0.15) is 5.54 Å². The first-order valence-electron chi connectivity index (χ1n) is 6.98. The van der Waals surface area contributed by atoms with E-state index in [9.17, 15) is 14.7 Å². The molecule has 1 rings (SSSR count). The van der Waals surface area contributed by atoms with E-state index in [4.69, 9.17) is 4.74 Å². The molecule has 0 spiro atoms. The van der Waals surface area contributed by atoms with Crippen molar-refractivity contribution in [1.29, 1.82) is 0 Å². The molecule has 1 heterocycles. The SMILES string of the molecule is CCCN(C(C)=O)C1(C(=O)O)CCOC(C(C)C)C1. The van der Waals surface area contributed by atoms with Crippen LogP contribution in [0.15, 0.2) is 0 Å². The largest absolute Gasteiger partial charge is 0.479 e. The van der Waals surface area contributed by atoms with Gasteiger partial charge in [-0.25, -0.2) is 4.79 Å². The minimum Gasteiger partial charge on any atom is -0.479 e. The third kappa shape index (κ3) is 3.26. The Kier molecular flexibility index (Phi) is 5.35.